The summed E-state index contributed by atoms with van der Waals surface area (Å²) >= 11 is 6.12. The molecule has 0 aromatic heterocycles. The van der Waals surface area contributed by atoms with E-state index < -0.39 is 28.5 Å². The Balaban J connectivity index is 1.29. The predicted octanol–water partition coefficient (Wildman–Crippen LogP) is 7.32. The van der Waals surface area contributed by atoms with Crippen LogP contribution in [0.1, 0.15) is 15.9 Å². The quantitative estimate of drug-likeness (QED) is 0.154. The van der Waals surface area contributed by atoms with E-state index in [1.165, 1.54) is 34.6 Å². The second kappa shape index (κ2) is 13.9. The van der Waals surface area contributed by atoms with Crippen molar-refractivity contribution in [1.82, 2.24) is 0 Å². The van der Waals surface area contributed by atoms with E-state index in [1.807, 2.05) is 48.5 Å². The molecule has 0 aliphatic carbocycles. The maximum absolute atomic E-state index is 13.9. The molecule has 0 saturated heterocycles. The number of rotatable bonds is 11. The van der Waals surface area contributed by atoms with E-state index in [-0.39, 0.29) is 22.7 Å². The number of halogens is 1. The molecular formula is C34H27ClN2O6S. The molecule has 1 N–H and O–H groups in total. The lowest BCUT2D eigenvalue weighted by atomic mass is 10.2. The van der Waals surface area contributed by atoms with Gasteiger partial charge in [0.2, 0.25) is 0 Å². The number of para-hydroxylation sites is 2. The molecule has 222 valence electrons. The van der Waals surface area contributed by atoms with Crippen molar-refractivity contribution < 1.29 is 27.5 Å². The topological polar surface area (TPSA) is 102 Å². The van der Waals surface area contributed by atoms with E-state index in [9.17, 15) is 18.0 Å². The summed E-state index contributed by atoms with van der Waals surface area (Å²) in [6.07, 6.45) is 0. The lowest BCUT2D eigenvalue weighted by molar-refractivity contribution is -0.119. The van der Waals surface area contributed by atoms with Gasteiger partial charge in [-0.25, -0.2) is 13.2 Å². The van der Waals surface area contributed by atoms with Gasteiger partial charge in [-0.3, -0.25) is 9.10 Å². The van der Waals surface area contributed by atoms with Crippen molar-refractivity contribution in [3.8, 4) is 11.5 Å². The molecule has 0 saturated carbocycles. The molecule has 0 spiro atoms. The maximum atomic E-state index is 13.9. The Bertz CT molecular complexity index is 1850. The zero-order chi connectivity index (χ0) is 30.9. The number of hydrogen-bond acceptors (Lipinski definition) is 6. The number of sulfonamides is 1. The molecule has 1 amide bonds. The van der Waals surface area contributed by atoms with Gasteiger partial charge < -0.3 is 14.8 Å². The summed E-state index contributed by atoms with van der Waals surface area (Å²) < 4.78 is 40.1. The lowest BCUT2D eigenvalue weighted by Gasteiger charge is -2.25. The fourth-order valence-electron chi connectivity index (χ4n) is 4.27. The van der Waals surface area contributed by atoms with Crippen molar-refractivity contribution in [1.29, 1.82) is 0 Å². The van der Waals surface area contributed by atoms with E-state index in [1.54, 1.807) is 54.6 Å². The van der Waals surface area contributed by atoms with Gasteiger partial charge in [-0.2, -0.15) is 0 Å². The normalized spacial score (nSPS) is 10.9. The number of nitrogens with zero attached hydrogens (tertiary/aromatic N) is 1. The van der Waals surface area contributed by atoms with Crippen molar-refractivity contribution in [2.24, 2.45) is 0 Å². The molecule has 0 aliphatic heterocycles. The molecule has 10 heteroatoms. The fraction of sp³-hybridized carbons (Fsp3) is 0.0588. The molecule has 5 aromatic rings. The van der Waals surface area contributed by atoms with Crippen molar-refractivity contribution in [3.63, 3.8) is 0 Å². The van der Waals surface area contributed by atoms with Gasteiger partial charge in [0.15, 0.2) is 12.4 Å². The van der Waals surface area contributed by atoms with Crippen LogP contribution in [0.25, 0.3) is 0 Å². The molecule has 0 fully saturated rings. The lowest BCUT2D eigenvalue weighted by Crippen LogP contribution is -2.30. The largest absolute Gasteiger partial charge is 0.455 e. The molecule has 5 rings (SSSR count). The van der Waals surface area contributed by atoms with Crippen LogP contribution in [-0.4, -0.2) is 26.9 Å². The molecule has 0 radical (unpaired) electrons. The summed E-state index contributed by atoms with van der Waals surface area (Å²) in [6.45, 7) is -0.543. The van der Waals surface area contributed by atoms with E-state index >= 15 is 0 Å². The number of anilines is 2. The summed E-state index contributed by atoms with van der Waals surface area (Å²) in [6, 6.07) is 37.2. The highest BCUT2D eigenvalue weighted by atomic mass is 35.5. The third-order valence-corrected chi connectivity index (χ3v) is 8.40. The highest BCUT2D eigenvalue weighted by Crippen LogP contribution is 2.32. The molecule has 8 nitrogen and oxygen atoms in total. The van der Waals surface area contributed by atoms with Crippen LogP contribution in [-0.2, 0) is 26.1 Å². The standard InChI is InChI=1S/C34H27ClN2O6S/c35-27-19-20-32(43-29-16-8-3-9-17-29)31(22-27)36-33(38)24-42-34(39)26-13-10-18-30(21-26)44(40,41)37(28-14-6-2-7-15-28)23-25-11-4-1-5-12-25/h1-22H,23-24H2,(H,36,38). The molecule has 0 atom stereocenters. The maximum Gasteiger partial charge on any atom is 0.338 e. The second-order valence-electron chi connectivity index (χ2n) is 9.54. The Morgan fingerprint density at radius 3 is 2.11 bits per heavy atom. The van der Waals surface area contributed by atoms with Gasteiger partial charge in [-0.1, -0.05) is 84.4 Å². The summed E-state index contributed by atoms with van der Waals surface area (Å²) in [4.78, 5) is 25.5. The van der Waals surface area contributed by atoms with E-state index in [2.05, 4.69) is 5.32 Å². The molecule has 0 aliphatic rings. The van der Waals surface area contributed by atoms with Gasteiger partial charge in [0, 0.05) is 5.02 Å². The average molecular weight is 627 g/mol. The SMILES string of the molecule is O=C(COC(=O)c1cccc(S(=O)(=O)N(Cc2ccccc2)c2ccccc2)c1)Nc1cc(Cl)ccc1Oc1ccccc1. The smallest absolute Gasteiger partial charge is 0.338 e. The van der Waals surface area contributed by atoms with Gasteiger partial charge in [-0.15, -0.1) is 0 Å². The Morgan fingerprint density at radius 1 is 0.750 bits per heavy atom. The van der Waals surface area contributed by atoms with Crippen molar-refractivity contribution >= 4 is 44.9 Å². The van der Waals surface area contributed by atoms with Crippen molar-refractivity contribution in [2.45, 2.75) is 11.4 Å². The van der Waals surface area contributed by atoms with E-state index in [4.69, 9.17) is 21.1 Å². The minimum absolute atomic E-state index is 0.0255. The number of amides is 1. The van der Waals surface area contributed by atoms with Crippen molar-refractivity contribution in [3.05, 3.63) is 150 Å². The fourth-order valence-corrected chi connectivity index (χ4v) is 5.95. The molecule has 0 heterocycles. The zero-order valence-corrected chi connectivity index (χ0v) is 24.9. The third-order valence-electron chi connectivity index (χ3n) is 6.39. The minimum atomic E-state index is -4.10. The van der Waals surface area contributed by atoms with Gasteiger partial charge >= 0.3 is 5.97 Å². The Morgan fingerprint density at radius 2 is 1.41 bits per heavy atom. The van der Waals surface area contributed by atoms with Crippen LogP contribution in [0, 0.1) is 0 Å². The van der Waals surface area contributed by atoms with E-state index in [0.717, 1.165) is 5.56 Å². The highest BCUT2D eigenvalue weighted by Gasteiger charge is 2.26. The van der Waals surface area contributed by atoms with Crippen LogP contribution in [0.5, 0.6) is 11.5 Å². The van der Waals surface area contributed by atoms with Crippen LogP contribution >= 0.6 is 11.6 Å². The van der Waals surface area contributed by atoms with Gasteiger partial charge in [0.05, 0.1) is 28.4 Å². The minimum Gasteiger partial charge on any atom is -0.455 e. The first-order chi connectivity index (χ1) is 21.3. The number of carbonyl (C=O) groups excluding carboxylic acids is 2. The van der Waals surface area contributed by atoms with Gasteiger partial charge in [0.1, 0.15) is 5.75 Å². The average Bonchev–Trinajstić information content (AvgIpc) is 3.05. The van der Waals surface area contributed by atoms with Crippen LogP contribution in [0.3, 0.4) is 0 Å². The summed E-state index contributed by atoms with van der Waals surface area (Å²) in [5.41, 5.74) is 1.52. The third kappa shape index (κ3) is 7.63. The van der Waals surface area contributed by atoms with Crippen LogP contribution < -0.4 is 14.4 Å². The monoisotopic (exact) mass is 626 g/mol. The van der Waals surface area contributed by atoms with Crippen LogP contribution in [0.4, 0.5) is 11.4 Å². The molecule has 0 unspecified atom stereocenters. The van der Waals surface area contributed by atoms with Crippen LogP contribution in [0.2, 0.25) is 5.02 Å². The Hall–Kier alpha value is -5.12. The number of carbonyl (C=O) groups is 2. The summed E-state index contributed by atoms with van der Waals surface area (Å²) in [5, 5.41) is 3.01. The zero-order valence-electron chi connectivity index (χ0n) is 23.3. The highest BCUT2D eigenvalue weighted by molar-refractivity contribution is 7.92. The molecule has 44 heavy (non-hydrogen) atoms. The number of hydrogen-bond donors (Lipinski definition) is 1. The number of nitrogens with one attached hydrogen (secondary N) is 1. The first-order valence-corrected chi connectivity index (χ1v) is 15.3. The summed E-state index contributed by atoms with van der Waals surface area (Å²) in [5.74, 6) is -0.600. The van der Waals surface area contributed by atoms with Gasteiger partial charge in [-0.05, 0) is 66.2 Å². The first kappa shape index (κ1) is 30.3. The predicted molar refractivity (Wildman–Crippen MR) is 170 cm³/mol. The Labute approximate surface area is 260 Å². The van der Waals surface area contributed by atoms with Crippen molar-refractivity contribution in [2.75, 3.05) is 16.2 Å². The second-order valence-corrected chi connectivity index (χ2v) is 11.8. The molecule has 0 bridgehead atoms. The molecule has 5 aromatic carbocycles. The number of ether oxygens (including phenoxy) is 2. The molecular weight excluding hydrogens is 600 g/mol. The van der Waals surface area contributed by atoms with Gasteiger partial charge in [0.25, 0.3) is 15.9 Å². The van der Waals surface area contributed by atoms with Crippen LogP contribution in [0.15, 0.2) is 138 Å². The Kier molecular flexibility index (Phi) is 9.59. The number of benzene rings is 5. The number of esters is 1. The summed E-state index contributed by atoms with van der Waals surface area (Å²) in [7, 11) is -4.10. The van der Waals surface area contributed by atoms with E-state index in [0.29, 0.717) is 22.2 Å². The first-order valence-electron chi connectivity index (χ1n) is 13.5.